The van der Waals surface area contributed by atoms with Crippen LogP contribution in [0.1, 0.15) is 355 Å². The Hall–Kier alpha value is -2.46. The fourth-order valence-corrected chi connectivity index (χ4v) is 12.1. The van der Waals surface area contributed by atoms with E-state index in [1.807, 2.05) is 0 Å². The van der Waals surface area contributed by atoms with Gasteiger partial charge in [0, 0.05) is 25.7 Å². The molecule has 0 aromatic carbocycles. The quantitative estimate of drug-likeness (QED) is 0.0169. The van der Waals surface area contributed by atoms with E-state index in [1.165, 1.54) is 167 Å². The van der Waals surface area contributed by atoms with Gasteiger partial charge < -0.3 is 33.8 Å². The molecule has 0 amide bonds. The minimum absolute atomic E-state index is 0.102. The van der Waals surface area contributed by atoms with E-state index in [-0.39, 0.29) is 25.7 Å². The minimum Gasteiger partial charge on any atom is -0.462 e. The molecule has 536 valence electrons. The van der Waals surface area contributed by atoms with Crippen LogP contribution in [0.4, 0.5) is 0 Å². The molecule has 5 atom stereocenters. The highest BCUT2D eigenvalue weighted by Crippen LogP contribution is 2.45. The predicted molar refractivity (Wildman–Crippen MR) is 368 cm³/mol. The molecule has 0 aliphatic heterocycles. The Kier molecular flexibility index (Phi) is 64.4. The molecule has 0 aliphatic rings. The lowest BCUT2D eigenvalue weighted by Crippen LogP contribution is -2.30. The molecule has 0 aliphatic carbocycles. The third kappa shape index (κ3) is 66.0. The highest BCUT2D eigenvalue weighted by molar-refractivity contribution is 7.47. The number of carbonyl (C=O) groups excluding carboxylic acids is 4. The summed E-state index contributed by atoms with van der Waals surface area (Å²) in [7, 11) is -9.91. The van der Waals surface area contributed by atoms with Crippen molar-refractivity contribution >= 4 is 39.5 Å². The average Bonchev–Trinajstić information content (AvgIpc) is 3.01. The lowest BCUT2D eigenvalue weighted by molar-refractivity contribution is -0.161. The predicted octanol–water partition coefficient (Wildman–Crippen LogP) is 20.6. The van der Waals surface area contributed by atoms with Gasteiger partial charge in [0.15, 0.2) is 12.2 Å². The number of phosphoric acid groups is 2. The molecule has 0 fully saturated rings. The molecule has 0 aromatic rings. The van der Waals surface area contributed by atoms with E-state index in [1.54, 1.807) is 0 Å². The second-order valence-electron chi connectivity index (χ2n) is 25.3. The van der Waals surface area contributed by atoms with Gasteiger partial charge in [0.1, 0.15) is 19.3 Å². The summed E-state index contributed by atoms with van der Waals surface area (Å²) in [6.45, 7) is 4.88. The Morgan fingerprint density at radius 3 is 0.802 bits per heavy atom. The maximum absolute atomic E-state index is 13.0. The van der Waals surface area contributed by atoms with Gasteiger partial charge in [-0.3, -0.25) is 37.3 Å². The second kappa shape index (κ2) is 66.2. The first-order valence-electron chi connectivity index (χ1n) is 37.1. The smallest absolute Gasteiger partial charge is 0.462 e. The number of rotatable bonds is 71. The lowest BCUT2D eigenvalue weighted by Gasteiger charge is -2.21. The van der Waals surface area contributed by atoms with Crippen LogP contribution in [0.2, 0.25) is 0 Å². The number of ether oxygens (including phenoxy) is 4. The molecule has 2 unspecified atom stereocenters. The number of esters is 4. The fraction of sp³-hybridized carbons (Fsp3) is 0.889. The van der Waals surface area contributed by atoms with Crippen molar-refractivity contribution in [2.24, 2.45) is 0 Å². The monoisotopic (exact) mass is 1330 g/mol. The Morgan fingerprint density at radius 2 is 0.527 bits per heavy atom. The highest BCUT2D eigenvalue weighted by Gasteiger charge is 2.30. The van der Waals surface area contributed by atoms with E-state index in [0.29, 0.717) is 25.7 Å². The molecule has 91 heavy (non-hydrogen) atoms. The minimum atomic E-state index is -4.96. The molecule has 19 heteroatoms. The zero-order chi connectivity index (χ0) is 66.8. The van der Waals surface area contributed by atoms with Crippen molar-refractivity contribution in [2.75, 3.05) is 39.6 Å². The van der Waals surface area contributed by atoms with E-state index < -0.39 is 97.5 Å². The third-order valence-electron chi connectivity index (χ3n) is 16.2. The van der Waals surface area contributed by atoms with E-state index in [4.69, 9.17) is 37.0 Å². The second-order valence-corrected chi connectivity index (χ2v) is 28.2. The summed E-state index contributed by atoms with van der Waals surface area (Å²) < 4.78 is 68.3. The third-order valence-corrected chi connectivity index (χ3v) is 18.1. The van der Waals surface area contributed by atoms with Gasteiger partial charge in [-0.2, -0.15) is 0 Å². The number of carbonyl (C=O) groups is 4. The van der Waals surface area contributed by atoms with Gasteiger partial charge in [0.25, 0.3) is 0 Å². The molecule has 0 heterocycles. The van der Waals surface area contributed by atoms with Gasteiger partial charge in [-0.05, 0) is 51.4 Å². The number of hydrogen-bond donors (Lipinski definition) is 3. The number of aliphatic hydroxyl groups is 1. The van der Waals surface area contributed by atoms with Crippen LogP contribution in [0.15, 0.2) is 24.3 Å². The highest BCUT2D eigenvalue weighted by atomic mass is 31.2. The van der Waals surface area contributed by atoms with E-state index in [9.17, 15) is 43.2 Å². The van der Waals surface area contributed by atoms with E-state index >= 15 is 0 Å². The van der Waals surface area contributed by atoms with Gasteiger partial charge >= 0.3 is 39.5 Å². The topological polar surface area (TPSA) is 237 Å². The first-order chi connectivity index (χ1) is 44.2. The molecule has 0 aromatic heterocycles. The van der Waals surface area contributed by atoms with Gasteiger partial charge in [-0.15, -0.1) is 0 Å². The molecular weight excluding hydrogens is 1200 g/mol. The maximum Gasteiger partial charge on any atom is 0.472 e. The lowest BCUT2D eigenvalue weighted by atomic mass is 10.0. The molecule has 0 rings (SSSR count). The van der Waals surface area contributed by atoms with Gasteiger partial charge in [-0.25, -0.2) is 9.13 Å². The average molecular weight is 1340 g/mol. The van der Waals surface area contributed by atoms with Crippen molar-refractivity contribution in [1.82, 2.24) is 0 Å². The van der Waals surface area contributed by atoms with Crippen LogP contribution in [-0.2, 0) is 65.4 Å². The largest absolute Gasteiger partial charge is 0.472 e. The van der Waals surface area contributed by atoms with Crippen molar-refractivity contribution in [3.63, 3.8) is 0 Å². The van der Waals surface area contributed by atoms with Crippen molar-refractivity contribution in [2.45, 2.75) is 373 Å². The standard InChI is InChI=1S/C72H136O17P2/c1-5-9-13-17-21-25-28-30-32-34-36-39-43-47-51-55-59-72(77)89-68(63-83-70(75)57-53-49-45-41-38-35-33-31-29-26-22-18-14-10-6-2)65-87-91(80,81)85-61-66(73)60-84-90(78,79)86-64-67(62-82-69(74)56-52-48-44-40-24-20-16-12-8-4)88-71(76)58-54-50-46-42-37-27-23-19-15-11-7-3/h26,29,31,33,66-68,73H,5-25,27-28,30,32,34-65H2,1-4H3,(H,78,79)(H,80,81)/b29-26-,33-31-/t66-,67+,68+/m0/s1. The summed E-state index contributed by atoms with van der Waals surface area (Å²) in [5.74, 6) is -2.15. The maximum atomic E-state index is 13.0. The summed E-state index contributed by atoms with van der Waals surface area (Å²) >= 11 is 0. The summed E-state index contributed by atoms with van der Waals surface area (Å²) in [5, 5.41) is 10.6. The first kappa shape index (κ1) is 88.5. The number of hydrogen-bond acceptors (Lipinski definition) is 15. The molecule has 0 saturated carbocycles. The Morgan fingerprint density at radius 1 is 0.308 bits per heavy atom. The van der Waals surface area contributed by atoms with Crippen LogP contribution in [-0.4, -0.2) is 96.7 Å². The number of unbranched alkanes of at least 4 members (excludes halogenated alkanes) is 42. The summed E-state index contributed by atoms with van der Waals surface area (Å²) in [5.41, 5.74) is 0. The SMILES string of the molecule is CCCCCC/C=C\C=C/CCCCCCCC(=O)OC[C@H](COP(=O)(O)OC[C@@H](O)COP(=O)(O)OC[C@@H](COC(=O)CCCCCCCCCCC)OC(=O)CCCCCCCCCCCCC)OC(=O)CCCCCCCCCCCCCCCCCC. The van der Waals surface area contributed by atoms with Gasteiger partial charge in [0.2, 0.25) is 0 Å². The van der Waals surface area contributed by atoms with Crippen LogP contribution in [0, 0.1) is 0 Å². The molecule has 17 nitrogen and oxygen atoms in total. The zero-order valence-electron chi connectivity index (χ0n) is 58.3. The van der Waals surface area contributed by atoms with Crippen LogP contribution < -0.4 is 0 Å². The Balaban J connectivity index is 5.26. The fourth-order valence-electron chi connectivity index (χ4n) is 10.5. The van der Waals surface area contributed by atoms with Crippen LogP contribution in [0.3, 0.4) is 0 Å². The summed E-state index contributed by atoms with van der Waals surface area (Å²) in [4.78, 5) is 72.5. The van der Waals surface area contributed by atoms with E-state index in [0.717, 1.165) is 109 Å². The molecule has 0 radical (unpaired) electrons. The summed E-state index contributed by atoms with van der Waals surface area (Å²) in [6, 6.07) is 0. The molecule has 0 saturated heterocycles. The number of phosphoric ester groups is 2. The molecule has 0 bridgehead atoms. The Labute approximate surface area is 554 Å². The van der Waals surface area contributed by atoms with Crippen molar-refractivity contribution in [3.8, 4) is 0 Å². The normalized spacial score (nSPS) is 14.1. The van der Waals surface area contributed by atoms with Gasteiger partial charge in [0.05, 0.1) is 26.4 Å². The van der Waals surface area contributed by atoms with Crippen molar-refractivity contribution in [3.05, 3.63) is 24.3 Å². The van der Waals surface area contributed by atoms with Crippen molar-refractivity contribution < 1.29 is 80.2 Å². The van der Waals surface area contributed by atoms with Gasteiger partial charge in [-0.1, -0.05) is 302 Å². The number of allylic oxidation sites excluding steroid dienone is 4. The van der Waals surface area contributed by atoms with Crippen LogP contribution >= 0.6 is 15.6 Å². The van der Waals surface area contributed by atoms with Crippen molar-refractivity contribution in [1.29, 1.82) is 0 Å². The first-order valence-corrected chi connectivity index (χ1v) is 40.1. The number of aliphatic hydroxyl groups excluding tert-OH is 1. The van der Waals surface area contributed by atoms with E-state index in [2.05, 4.69) is 52.0 Å². The Bertz CT molecular complexity index is 1830. The summed E-state index contributed by atoms with van der Waals surface area (Å²) in [6.07, 6.45) is 57.6. The molecular formula is C72H136O17P2. The molecule has 3 N–H and O–H groups in total. The van der Waals surface area contributed by atoms with Crippen LogP contribution in [0.25, 0.3) is 0 Å². The zero-order valence-corrected chi connectivity index (χ0v) is 60.1. The van der Waals surface area contributed by atoms with Crippen LogP contribution in [0.5, 0.6) is 0 Å². The molecule has 0 spiro atoms.